The van der Waals surface area contributed by atoms with Crippen LogP contribution in [-0.2, 0) is 16.6 Å². The number of hydrogen-bond acceptors (Lipinski definition) is 5. The molecule has 1 saturated carbocycles. The average molecular weight is 407 g/mol. The molecular formula is C19H20ClFN4O3. The number of benzene rings is 1. The maximum absolute atomic E-state index is 13.4. The van der Waals surface area contributed by atoms with Gasteiger partial charge in [0.05, 0.1) is 17.3 Å². The Morgan fingerprint density at radius 2 is 2.14 bits per heavy atom. The molecule has 1 aliphatic heterocycles. The van der Waals surface area contributed by atoms with E-state index in [0.29, 0.717) is 30.0 Å². The number of anilines is 2. The number of nitrogens with zero attached hydrogens (tertiary/aromatic N) is 2. The van der Waals surface area contributed by atoms with Crippen LogP contribution in [0.3, 0.4) is 0 Å². The SMILES string of the molecule is Cn1nc([C@@H]2CC3COC(=O)C[C@H]3C2)c(C(=O)Nc2ccc(F)c(Cl)c2)c1N. The number of halogens is 2. The van der Waals surface area contributed by atoms with Crippen molar-refractivity contribution >= 4 is 35.0 Å². The Kier molecular flexibility index (Phi) is 4.74. The lowest BCUT2D eigenvalue weighted by Crippen LogP contribution is -2.26. The van der Waals surface area contributed by atoms with Crippen LogP contribution < -0.4 is 11.1 Å². The Morgan fingerprint density at radius 3 is 2.89 bits per heavy atom. The van der Waals surface area contributed by atoms with Gasteiger partial charge in [-0.2, -0.15) is 5.10 Å². The van der Waals surface area contributed by atoms with E-state index in [0.717, 1.165) is 12.8 Å². The van der Waals surface area contributed by atoms with Crippen molar-refractivity contribution in [2.75, 3.05) is 17.7 Å². The van der Waals surface area contributed by atoms with Gasteiger partial charge in [0.25, 0.3) is 5.91 Å². The number of amides is 1. The normalized spacial score (nSPS) is 24.0. The molecule has 2 aliphatic rings. The zero-order valence-electron chi connectivity index (χ0n) is 15.2. The number of aryl methyl sites for hydroxylation is 1. The first-order valence-electron chi connectivity index (χ1n) is 9.08. The highest BCUT2D eigenvalue weighted by molar-refractivity contribution is 6.31. The molecule has 4 rings (SSSR count). The highest BCUT2D eigenvalue weighted by Crippen LogP contribution is 2.47. The van der Waals surface area contributed by atoms with E-state index in [1.807, 2.05) is 0 Å². The minimum atomic E-state index is -0.563. The Labute approximate surface area is 166 Å². The van der Waals surface area contributed by atoms with Gasteiger partial charge in [0.2, 0.25) is 0 Å². The smallest absolute Gasteiger partial charge is 0.306 e. The van der Waals surface area contributed by atoms with E-state index in [2.05, 4.69) is 10.4 Å². The summed E-state index contributed by atoms with van der Waals surface area (Å²) in [6.07, 6.45) is 1.95. The minimum Gasteiger partial charge on any atom is -0.465 e. The highest BCUT2D eigenvalue weighted by Gasteiger charge is 2.42. The molecule has 148 valence electrons. The molecule has 2 aromatic rings. The summed E-state index contributed by atoms with van der Waals surface area (Å²) in [7, 11) is 1.68. The molecule has 1 saturated heterocycles. The average Bonchev–Trinajstić information content (AvgIpc) is 3.19. The van der Waals surface area contributed by atoms with E-state index in [4.69, 9.17) is 22.1 Å². The Bertz CT molecular complexity index is 961. The lowest BCUT2D eigenvalue weighted by Gasteiger charge is -2.23. The number of cyclic esters (lactones) is 1. The Balaban J connectivity index is 1.60. The number of aromatic nitrogens is 2. The molecule has 9 heteroatoms. The zero-order valence-corrected chi connectivity index (χ0v) is 16.0. The molecule has 28 heavy (non-hydrogen) atoms. The summed E-state index contributed by atoms with van der Waals surface area (Å²) in [5.41, 5.74) is 7.41. The van der Waals surface area contributed by atoms with Crippen molar-refractivity contribution in [3.63, 3.8) is 0 Å². The summed E-state index contributed by atoms with van der Waals surface area (Å²) < 4.78 is 20.0. The van der Waals surface area contributed by atoms with Gasteiger partial charge in [-0.15, -0.1) is 0 Å². The van der Waals surface area contributed by atoms with Gasteiger partial charge in [-0.05, 0) is 42.9 Å². The van der Waals surface area contributed by atoms with E-state index in [-0.39, 0.29) is 34.6 Å². The van der Waals surface area contributed by atoms with Crippen molar-refractivity contribution in [1.29, 1.82) is 0 Å². The first kappa shape index (κ1) is 18.7. The van der Waals surface area contributed by atoms with E-state index < -0.39 is 11.7 Å². The van der Waals surface area contributed by atoms with Gasteiger partial charge in [0.1, 0.15) is 17.2 Å². The third kappa shape index (κ3) is 3.32. The lowest BCUT2D eigenvalue weighted by molar-refractivity contribution is -0.151. The van der Waals surface area contributed by atoms with Gasteiger partial charge in [-0.25, -0.2) is 4.39 Å². The van der Waals surface area contributed by atoms with Crippen LogP contribution >= 0.6 is 11.6 Å². The monoisotopic (exact) mass is 406 g/mol. The Hall–Kier alpha value is -2.61. The van der Waals surface area contributed by atoms with Crippen LogP contribution in [0, 0.1) is 17.7 Å². The van der Waals surface area contributed by atoms with Crippen LogP contribution in [0.1, 0.15) is 41.2 Å². The number of hydrogen-bond donors (Lipinski definition) is 2. The van der Waals surface area contributed by atoms with E-state index >= 15 is 0 Å². The van der Waals surface area contributed by atoms with Crippen molar-refractivity contribution < 1.29 is 18.7 Å². The number of nitrogen functional groups attached to an aromatic ring is 1. The van der Waals surface area contributed by atoms with Gasteiger partial charge in [0.15, 0.2) is 0 Å². The second-order valence-corrected chi connectivity index (χ2v) is 7.83. The molecule has 3 N–H and O–H groups in total. The van der Waals surface area contributed by atoms with Gasteiger partial charge in [-0.3, -0.25) is 14.3 Å². The first-order valence-corrected chi connectivity index (χ1v) is 9.45. The van der Waals surface area contributed by atoms with Crippen molar-refractivity contribution in [1.82, 2.24) is 9.78 Å². The van der Waals surface area contributed by atoms with Crippen molar-refractivity contribution in [3.8, 4) is 0 Å². The molecule has 2 heterocycles. The number of fused-ring (bicyclic) bond motifs is 1. The van der Waals surface area contributed by atoms with Crippen molar-refractivity contribution in [2.24, 2.45) is 18.9 Å². The van der Waals surface area contributed by atoms with Gasteiger partial charge in [-0.1, -0.05) is 11.6 Å². The molecule has 0 bridgehead atoms. The predicted octanol–water partition coefficient (Wildman–Crippen LogP) is 3.10. The zero-order chi connectivity index (χ0) is 20.0. The molecule has 2 fully saturated rings. The summed E-state index contributed by atoms with van der Waals surface area (Å²) in [4.78, 5) is 24.5. The number of nitrogens with two attached hydrogens (primary N) is 1. The third-order valence-corrected chi connectivity index (χ3v) is 5.93. The number of ether oxygens (including phenoxy) is 1. The number of carbonyl (C=O) groups excluding carboxylic acids is 2. The second-order valence-electron chi connectivity index (χ2n) is 7.43. The van der Waals surface area contributed by atoms with Crippen LogP contribution in [0.4, 0.5) is 15.9 Å². The second kappa shape index (κ2) is 7.09. The van der Waals surface area contributed by atoms with Gasteiger partial charge < -0.3 is 15.8 Å². The van der Waals surface area contributed by atoms with Gasteiger partial charge >= 0.3 is 5.97 Å². The fourth-order valence-electron chi connectivity index (χ4n) is 4.21. The number of esters is 1. The lowest BCUT2D eigenvalue weighted by atomic mass is 9.92. The summed E-state index contributed by atoms with van der Waals surface area (Å²) in [6, 6.07) is 3.96. The molecular weight excluding hydrogens is 387 g/mol. The van der Waals surface area contributed by atoms with E-state index in [1.54, 1.807) is 7.05 Å². The van der Waals surface area contributed by atoms with Crippen LogP contribution in [-0.4, -0.2) is 28.3 Å². The van der Waals surface area contributed by atoms with Crippen LogP contribution in [0.15, 0.2) is 18.2 Å². The quantitative estimate of drug-likeness (QED) is 0.763. The molecule has 3 atom stereocenters. The summed E-state index contributed by atoms with van der Waals surface area (Å²) in [5, 5.41) is 7.11. The van der Waals surface area contributed by atoms with Gasteiger partial charge in [0, 0.05) is 25.1 Å². The van der Waals surface area contributed by atoms with Crippen LogP contribution in [0.25, 0.3) is 0 Å². The molecule has 1 unspecified atom stereocenters. The topological polar surface area (TPSA) is 99.2 Å². The molecule has 1 aromatic carbocycles. The van der Waals surface area contributed by atoms with Crippen LogP contribution in [0.2, 0.25) is 5.02 Å². The molecule has 1 aliphatic carbocycles. The first-order chi connectivity index (χ1) is 13.3. The molecule has 0 radical (unpaired) electrons. The maximum Gasteiger partial charge on any atom is 0.306 e. The summed E-state index contributed by atoms with van der Waals surface area (Å²) in [6.45, 7) is 0.415. The number of nitrogens with one attached hydrogen (secondary N) is 1. The third-order valence-electron chi connectivity index (χ3n) is 5.64. The molecule has 7 nitrogen and oxygen atoms in total. The molecule has 1 aromatic heterocycles. The predicted molar refractivity (Wildman–Crippen MR) is 102 cm³/mol. The highest BCUT2D eigenvalue weighted by atomic mass is 35.5. The molecule has 0 spiro atoms. The van der Waals surface area contributed by atoms with Crippen molar-refractivity contribution in [3.05, 3.63) is 40.3 Å². The Morgan fingerprint density at radius 1 is 1.39 bits per heavy atom. The number of rotatable bonds is 3. The van der Waals surface area contributed by atoms with E-state index in [1.165, 1.54) is 22.9 Å². The van der Waals surface area contributed by atoms with E-state index in [9.17, 15) is 14.0 Å². The summed E-state index contributed by atoms with van der Waals surface area (Å²) in [5.74, 6) is -0.377. The molecule has 1 amide bonds. The maximum atomic E-state index is 13.4. The largest absolute Gasteiger partial charge is 0.465 e. The fraction of sp³-hybridized carbons (Fsp3) is 0.421. The minimum absolute atomic E-state index is 0.0190. The van der Waals surface area contributed by atoms with Crippen molar-refractivity contribution in [2.45, 2.75) is 25.2 Å². The number of carbonyl (C=O) groups is 2. The fourth-order valence-corrected chi connectivity index (χ4v) is 4.39. The van der Waals surface area contributed by atoms with Crippen LogP contribution in [0.5, 0.6) is 0 Å². The standard InChI is InChI=1S/C19H20ClFN4O3/c1-25-18(22)16(19(27)23-12-2-3-14(21)13(20)7-12)17(24-25)10-4-9-6-15(26)28-8-11(9)5-10/h2-3,7,9-11H,4-6,8,22H2,1H3,(H,23,27)/t9-,10+,11?/m1/s1. The summed E-state index contributed by atoms with van der Waals surface area (Å²) >= 11 is 5.79.